The van der Waals surface area contributed by atoms with Crippen LogP contribution in [0.4, 0.5) is 0 Å². The molecule has 2 heterocycles. The maximum Gasteiger partial charge on any atom is 0.191 e. The quantitative estimate of drug-likeness (QED) is 0.336. The Bertz CT molecular complexity index is 638. The predicted octanol–water partition coefficient (Wildman–Crippen LogP) is 2.18. The zero-order valence-corrected chi connectivity index (χ0v) is 19.4. The lowest BCUT2D eigenvalue weighted by molar-refractivity contribution is 0.0376. The number of benzene rings is 1. The lowest BCUT2D eigenvalue weighted by atomic mass is 9.96. The Morgan fingerprint density at radius 1 is 1.06 bits per heavy atom. The van der Waals surface area contributed by atoms with Gasteiger partial charge in [-0.15, -0.1) is 0 Å². The molecule has 7 nitrogen and oxygen atoms in total. The van der Waals surface area contributed by atoms with Crippen molar-refractivity contribution >= 4 is 5.96 Å². The van der Waals surface area contributed by atoms with E-state index in [1.54, 1.807) is 7.11 Å². The van der Waals surface area contributed by atoms with Crippen molar-refractivity contribution in [1.82, 2.24) is 20.4 Å². The summed E-state index contributed by atoms with van der Waals surface area (Å²) < 4.78 is 10.7. The minimum Gasteiger partial charge on any atom is -0.497 e. The van der Waals surface area contributed by atoms with Crippen LogP contribution < -0.4 is 15.4 Å². The van der Waals surface area contributed by atoms with Crippen LogP contribution in [0, 0.1) is 5.92 Å². The maximum atomic E-state index is 5.42. The van der Waals surface area contributed by atoms with Gasteiger partial charge in [-0.05, 0) is 69.4 Å². The van der Waals surface area contributed by atoms with Crippen molar-refractivity contribution in [2.24, 2.45) is 10.9 Å². The fourth-order valence-electron chi connectivity index (χ4n) is 4.21. The van der Waals surface area contributed by atoms with Crippen molar-refractivity contribution < 1.29 is 9.47 Å². The number of piperidine rings is 1. The number of rotatable bonds is 10. The molecule has 0 spiro atoms. The average Bonchev–Trinajstić information content (AvgIpc) is 2.82. The van der Waals surface area contributed by atoms with Crippen LogP contribution >= 0.6 is 0 Å². The van der Waals surface area contributed by atoms with Gasteiger partial charge < -0.3 is 20.1 Å². The summed E-state index contributed by atoms with van der Waals surface area (Å²) in [6, 6.07) is 8.44. The summed E-state index contributed by atoms with van der Waals surface area (Å²) in [5.74, 6) is 2.56. The highest BCUT2D eigenvalue weighted by Crippen LogP contribution is 2.20. The highest BCUT2D eigenvalue weighted by atomic mass is 16.5. The summed E-state index contributed by atoms with van der Waals surface area (Å²) in [7, 11) is 1.71. The monoisotopic (exact) mass is 431 g/mol. The lowest BCUT2D eigenvalue weighted by Crippen LogP contribution is -2.41. The molecule has 3 rings (SSSR count). The molecule has 0 unspecified atom stereocenters. The SMILES string of the molecule is CCNC(=NCC1CCN(Cc2ccc(OC)cc2)CC1)NCCCN1CCOCC1. The van der Waals surface area contributed by atoms with Gasteiger partial charge in [0.2, 0.25) is 0 Å². The number of nitrogens with zero attached hydrogens (tertiary/aromatic N) is 3. The van der Waals surface area contributed by atoms with Crippen LogP contribution in [0.3, 0.4) is 0 Å². The van der Waals surface area contributed by atoms with E-state index < -0.39 is 0 Å². The van der Waals surface area contributed by atoms with Crippen LogP contribution in [0.5, 0.6) is 5.75 Å². The van der Waals surface area contributed by atoms with E-state index in [2.05, 4.69) is 39.5 Å². The molecule has 1 aromatic rings. The Balaban J connectivity index is 1.33. The van der Waals surface area contributed by atoms with E-state index in [9.17, 15) is 0 Å². The molecule has 1 aromatic carbocycles. The topological polar surface area (TPSA) is 61.4 Å². The Kier molecular flexibility index (Phi) is 10.4. The Labute approximate surface area is 188 Å². The third kappa shape index (κ3) is 8.67. The summed E-state index contributed by atoms with van der Waals surface area (Å²) in [6.45, 7) is 13.2. The standard InChI is InChI=1S/C24H41N5O2/c1-3-25-24(26-11-4-12-28-15-17-31-18-16-28)27-19-21-9-13-29(14-10-21)20-22-5-7-23(30-2)8-6-22/h5-8,21H,3-4,9-20H2,1-2H3,(H2,25,26,27). The lowest BCUT2D eigenvalue weighted by Gasteiger charge is -2.31. The molecule has 174 valence electrons. The first-order valence-electron chi connectivity index (χ1n) is 11.9. The van der Waals surface area contributed by atoms with E-state index >= 15 is 0 Å². The van der Waals surface area contributed by atoms with Crippen molar-refractivity contribution in [3.8, 4) is 5.75 Å². The maximum absolute atomic E-state index is 5.42. The van der Waals surface area contributed by atoms with Gasteiger partial charge in [0.05, 0.1) is 20.3 Å². The minimum absolute atomic E-state index is 0.677. The normalized spacial score (nSPS) is 19.4. The van der Waals surface area contributed by atoms with Crippen LogP contribution in [0.1, 0.15) is 31.7 Å². The van der Waals surface area contributed by atoms with Gasteiger partial charge in [0.25, 0.3) is 0 Å². The first-order chi connectivity index (χ1) is 15.3. The Hall–Kier alpha value is -1.83. The minimum atomic E-state index is 0.677. The van der Waals surface area contributed by atoms with E-state index in [1.165, 1.54) is 18.4 Å². The molecule has 7 heteroatoms. The molecule has 0 amide bonds. The van der Waals surface area contributed by atoms with Crippen LogP contribution in [0.15, 0.2) is 29.3 Å². The van der Waals surface area contributed by atoms with Crippen molar-refractivity contribution in [3.05, 3.63) is 29.8 Å². The van der Waals surface area contributed by atoms with Crippen molar-refractivity contribution in [2.45, 2.75) is 32.7 Å². The van der Waals surface area contributed by atoms with Gasteiger partial charge in [0, 0.05) is 39.3 Å². The van der Waals surface area contributed by atoms with Crippen molar-refractivity contribution in [1.29, 1.82) is 0 Å². The number of methoxy groups -OCH3 is 1. The second kappa shape index (κ2) is 13.6. The van der Waals surface area contributed by atoms with Gasteiger partial charge in [-0.25, -0.2) is 0 Å². The zero-order chi connectivity index (χ0) is 21.7. The summed E-state index contributed by atoms with van der Waals surface area (Å²) in [6.07, 6.45) is 3.57. The van der Waals surface area contributed by atoms with Gasteiger partial charge in [-0.2, -0.15) is 0 Å². The second-order valence-electron chi connectivity index (χ2n) is 8.52. The Morgan fingerprint density at radius 2 is 1.81 bits per heavy atom. The molecule has 2 fully saturated rings. The summed E-state index contributed by atoms with van der Waals surface area (Å²) >= 11 is 0. The summed E-state index contributed by atoms with van der Waals surface area (Å²) in [5.41, 5.74) is 1.35. The molecule has 2 saturated heterocycles. The van der Waals surface area contributed by atoms with Crippen LogP contribution in [-0.2, 0) is 11.3 Å². The number of morpholine rings is 1. The van der Waals surface area contributed by atoms with Gasteiger partial charge in [0.15, 0.2) is 5.96 Å². The molecule has 2 N–H and O–H groups in total. The van der Waals surface area contributed by atoms with Gasteiger partial charge in [0.1, 0.15) is 5.75 Å². The molecule has 0 aliphatic carbocycles. The van der Waals surface area contributed by atoms with Crippen molar-refractivity contribution in [2.75, 3.05) is 72.7 Å². The number of hydrogen-bond acceptors (Lipinski definition) is 5. The number of nitrogens with one attached hydrogen (secondary N) is 2. The molecule has 0 aromatic heterocycles. The van der Waals surface area contributed by atoms with E-state index in [1.807, 2.05) is 12.1 Å². The number of likely N-dealkylation sites (tertiary alicyclic amines) is 1. The van der Waals surface area contributed by atoms with Gasteiger partial charge in [-0.3, -0.25) is 14.8 Å². The average molecular weight is 432 g/mol. The molecule has 0 saturated carbocycles. The second-order valence-corrected chi connectivity index (χ2v) is 8.52. The van der Waals surface area contributed by atoms with Crippen LogP contribution in [0.2, 0.25) is 0 Å². The number of guanidine groups is 1. The molecule has 31 heavy (non-hydrogen) atoms. The third-order valence-corrected chi connectivity index (χ3v) is 6.17. The van der Waals surface area contributed by atoms with Crippen LogP contribution in [-0.4, -0.2) is 88.4 Å². The molecule has 2 aliphatic rings. The molecule has 2 aliphatic heterocycles. The van der Waals surface area contributed by atoms with Gasteiger partial charge >= 0.3 is 0 Å². The van der Waals surface area contributed by atoms with E-state index in [0.29, 0.717) is 5.92 Å². The fourth-order valence-corrected chi connectivity index (χ4v) is 4.21. The van der Waals surface area contributed by atoms with E-state index in [0.717, 1.165) is 90.2 Å². The molecule has 0 radical (unpaired) electrons. The third-order valence-electron chi connectivity index (χ3n) is 6.17. The summed E-state index contributed by atoms with van der Waals surface area (Å²) in [5, 5.41) is 6.91. The fraction of sp³-hybridized carbons (Fsp3) is 0.708. The molecular formula is C24H41N5O2. The van der Waals surface area contributed by atoms with Gasteiger partial charge in [-0.1, -0.05) is 12.1 Å². The van der Waals surface area contributed by atoms with Crippen LogP contribution in [0.25, 0.3) is 0 Å². The molecule has 0 atom stereocenters. The predicted molar refractivity (Wildman–Crippen MR) is 127 cm³/mol. The summed E-state index contributed by atoms with van der Waals surface area (Å²) in [4.78, 5) is 9.91. The first-order valence-corrected chi connectivity index (χ1v) is 11.9. The molecular weight excluding hydrogens is 390 g/mol. The highest BCUT2D eigenvalue weighted by Gasteiger charge is 2.19. The first kappa shape index (κ1) is 23.8. The molecule has 0 bridgehead atoms. The largest absolute Gasteiger partial charge is 0.497 e. The Morgan fingerprint density at radius 3 is 2.48 bits per heavy atom. The van der Waals surface area contributed by atoms with E-state index in [4.69, 9.17) is 14.5 Å². The smallest absolute Gasteiger partial charge is 0.191 e. The highest BCUT2D eigenvalue weighted by molar-refractivity contribution is 5.79. The number of ether oxygens (including phenoxy) is 2. The van der Waals surface area contributed by atoms with E-state index in [-0.39, 0.29) is 0 Å². The number of aliphatic imine (C=N–C) groups is 1. The van der Waals surface area contributed by atoms with Crippen molar-refractivity contribution in [3.63, 3.8) is 0 Å². The zero-order valence-electron chi connectivity index (χ0n) is 19.4. The number of hydrogen-bond donors (Lipinski definition) is 2.